The number of halogens is 1. The van der Waals surface area contributed by atoms with E-state index in [0.717, 1.165) is 6.42 Å². The van der Waals surface area contributed by atoms with Gasteiger partial charge in [0.2, 0.25) is 0 Å². The Bertz CT molecular complexity index is 1280. The molecule has 10 heteroatoms. The van der Waals surface area contributed by atoms with Crippen LogP contribution in [0, 0.1) is 0 Å². The number of hydrogen-bond acceptors (Lipinski definition) is 5. The quantitative estimate of drug-likeness (QED) is 0.324. The van der Waals surface area contributed by atoms with Crippen molar-refractivity contribution in [3.8, 4) is 5.75 Å². The molecule has 1 amide bonds. The highest BCUT2D eigenvalue weighted by Gasteiger charge is 2.23. The average molecular weight is 577 g/mol. The maximum Gasteiger partial charge on any atom is 0.264 e. The zero-order valence-corrected chi connectivity index (χ0v) is 22.5. The van der Waals surface area contributed by atoms with Crippen LogP contribution in [0.1, 0.15) is 30.6 Å². The minimum absolute atomic E-state index is 0.0903. The molecule has 3 rings (SSSR count). The largest absolute Gasteiger partial charge is 0.492 e. The molecule has 0 saturated heterocycles. The highest BCUT2D eigenvalue weighted by Crippen LogP contribution is 2.26. The number of carbonyl (C=O) groups is 1. The van der Waals surface area contributed by atoms with Crippen molar-refractivity contribution in [1.29, 1.82) is 0 Å². The number of ether oxygens (including phenoxy) is 1. The summed E-state index contributed by atoms with van der Waals surface area (Å²) in [5, 5.41) is 5.62. The van der Waals surface area contributed by atoms with Gasteiger partial charge in [0.05, 0.1) is 21.7 Å². The van der Waals surface area contributed by atoms with Gasteiger partial charge in [0.25, 0.3) is 15.9 Å². The fraction of sp³-hybridized carbons (Fsp3) is 0.200. The van der Waals surface area contributed by atoms with Crippen LogP contribution in [0.15, 0.2) is 82.2 Å². The first kappa shape index (κ1) is 26.7. The monoisotopic (exact) mass is 575 g/mol. The van der Waals surface area contributed by atoms with Gasteiger partial charge in [0.1, 0.15) is 5.75 Å². The van der Waals surface area contributed by atoms with Crippen LogP contribution in [0.5, 0.6) is 5.75 Å². The molecule has 0 aliphatic heterocycles. The van der Waals surface area contributed by atoms with Crippen molar-refractivity contribution in [3.05, 3.63) is 82.8 Å². The number of para-hydroxylation sites is 1. The molecule has 2 N–H and O–H groups in total. The number of carbonyl (C=O) groups excluding carboxylic acids is 1. The van der Waals surface area contributed by atoms with E-state index in [1.807, 2.05) is 13.0 Å². The molecule has 0 fully saturated rings. The number of nitrogens with one attached hydrogen (secondary N) is 2. The summed E-state index contributed by atoms with van der Waals surface area (Å²) in [5.74, 6) is 0.277. The van der Waals surface area contributed by atoms with E-state index in [2.05, 4.69) is 26.6 Å². The summed E-state index contributed by atoms with van der Waals surface area (Å²) in [6.07, 6.45) is 0.880. The van der Waals surface area contributed by atoms with Crippen molar-refractivity contribution in [2.75, 3.05) is 22.8 Å². The molecule has 3 aromatic carbocycles. The normalized spacial score (nSPS) is 10.9. The fourth-order valence-electron chi connectivity index (χ4n) is 3.23. The summed E-state index contributed by atoms with van der Waals surface area (Å²) in [4.78, 5) is 12.7. The molecule has 0 aromatic heterocycles. The van der Waals surface area contributed by atoms with Crippen LogP contribution >= 0.6 is 28.1 Å². The van der Waals surface area contributed by atoms with Gasteiger partial charge in [-0.15, -0.1) is 0 Å². The molecule has 0 aliphatic carbocycles. The number of anilines is 2. The number of benzene rings is 3. The van der Waals surface area contributed by atoms with Crippen LogP contribution in [0.3, 0.4) is 0 Å². The first-order valence-electron chi connectivity index (χ1n) is 11.0. The second-order valence-electron chi connectivity index (χ2n) is 7.43. The molecule has 0 heterocycles. The molecule has 3 aromatic rings. The van der Waals surface area contributed by atoms with Crippen LogP contribution in [-0.2, 0) is 10.0 Å². The summed E-state index contributed by atoms with van der Waals surface area (Å²) in [6, 6.07) is 20.2. The Labute approximate surface area is 219 Å². The van der Waals surface area contributed by atoms with Gasteiger partial charge in [-0.3, -0.25) is 14.4 Å². The lowest BCUT2D eigenvalue weighted by molar-refractivity contribution is 0.0977. The van der Waals surface area contributed by atoms with Gasteiger partial charge in [-0.25, -0.2) is 8.42 Å². The van der Waals surface area contributed by atoms with Crippen molar-refractivity contribution in [2.45, 2.75) is 25.2 Å². The molecular weight excluding hydrogens is 550 g/mol. The maximum absolute atomic E-state index is 13.1. The lowest BCUT2D eigenvalue weighted by atomic mass is 10.2. The molecule has 0 saturated carbocycles. The molecule has 0 atom stereocenters. The van der Waals surface area contributed by atoms with E-state index >= 15 is 0 Å². The Hall–Kier alpha value is -2.95. The van der Waals surface area contributed by atoms with Crippen molar-refractivity contribution < 1.29 is 17.9 Å². The van der Waals surface area contributed by atoms with Gasteiger partial charge in [-0.1, -0.05) is 25.1 Å². The van der Waals surface area contributed by atoms with E-state index in [9.17, 15) is 13.2 Å². The van der Waals surface area contributed by atoms with Crippen LogP contribution in [-0.4, -0.2) is 32.6 Å². The van der Waals surface area contributed by atoms with Crippen LogP contribution in [0.25, 0.3) is 0 Å². The number of amides is 1. The van der Waals surface area contributed by atoms with E-state index in [-0.39, 0.29) is 15.9 Å². The predicted molar refractivity (Wildman–Crippen MR) is 147 cm³/mol. The smallest absolute Gasteiger partial charge is 0.264 e. The Morgan fingerprint density at radius 1 is 1.03 bits per heavy atom. The first-order valence-corrected chi connectivity index (χ1v) is 13.6. The molecule has 0 spiro atoms. The number of rotatable bonds is 9. The van der Waals surface area contributed by atoms with Gasteiger partial charge in [-0.2, -0.15) is 0 Å². The third-order valence-electron chi connectivity index (χ3n) is 4.91. The molecule has 7 nitrogen and oxygen atoms in total. The van der Waals surface area contributed by atoms with Gasteiger partial charge >= 0.3 is 0 Å². The van der Waals surface area contributed by atoms with Crippen molar-refractivity contribution in [1.82, 2.24) is 5.32 Å². The number of sulfonamides is 1. The lowest BCUT2D eigenvalue weighted by Gasteiger charge is -2.23. The van der Waals surface area contributed by atoms with Crippen molar-refractivity contribution >= 4 is 60.6 Å². The Morgan fingerprint density at radius 3 is 2.31 bits per heavy atom. The number of hydrogen-bond donors (Lipinski definition) is 2. The maximum atomic E-state index is 13.1. The van der Waals surface area contributed by atoms with Gasteiger partial charge < -0.3 is 10.1 Å². The Kier molecular flexibility index (Phi) is 9.25. The zero-order valence-electron chi connectivity index (χ0n) is 19.3. The third-order valence-corrected chi connectivity index (χ3v) is 7.66. The molecule has 0 bridgehead atoms. The summed E-state index contributed by atoms with van der Waals surface area (Å²) < 4.78 is 33.9. The molecule has 0 radical (unpaired) electrons. The second-order valence-corrected chi connectivity index (χ2v) is 10.6. The predicted octanol–water partition coefficient (Wildman–Crippen LogP) is 5.58. The van der Waals surface area contributed by atoms with Gasteiger partial charge in [-0.05, 0) is 96.1 Å². The zero-order chi connectivity index (χ0) is 25.4. The average Bonchev–Trinajstić information content (AvgIpc) is 2.84. The highest BCUT2D eigenvalue weighted by molar-refractivity contribution is 9.10. The molecule has 35 heavy (non-hydrogen) atoms. The molecule has 184 valence electrons. The summed E-state index contributed by atoms with van der Waals surface area (Å²) >= 11 is 8.67. The number of nitrogens with zero attached hydrogens (tertiary/aromatic N) is 1. The SMILES string of the molecule is CCCOc1ccc(C(=O)NC(=S)Nc2ccc(S(=O)(=O)N(CC)c3ccccc3)cc2)cc1Br. The van der Waals surface area contributed by atoms with E-state index in [1.165, 1.54) is 16.4 Å². The van der Waals surface area contributed by atoms with Crippen LogP contribution in [0.4, 0.5) is 11.4 Å². The van der Waals surface area contributed by atoms with Crippen LogP contribution < -0.4 is 19.7 Å². The van der Waals surface area contributed by atoms with Gasteiger partial charge in [0, 0.05) is 17.8 Å². The first-order chi connectivity index (χ1) is 16.8. The third kappa shape index (κ3) is 6.81. The van der Waals surface area contributed by atoms with E-state index in [0.29, 0.717) is 40.3 Å². The summed E-state index contributed by atoms with van der Waals surface area (Å²) in [5.41, 5.74) is 1.55. The minimum atomic E-state index is -3.73. The Morgan fingerprint density at radius 2 is 1.71 bits per heavy atom. The number of thiocarbonyl (C=S) groups is 1. The fourth-order valence-corrected chi connectivity index (χ4v) is 5.41. The molecule has 0 unspecified atom stereocenters. The molecular formula is C25H26BrN3O4S2. The van der Waals surface area contributed by atoms with Crippen molar-refractivity contribution in [2.24, 2.45) is 0 Å². The Balaban J connectivity index is 1.65. The summed E-state index contributed by atoms with van der Waals surface area (Å²) in [7, 11) is -3.73. The topological polar surface area (TPSA) is 87.7 Å². The highest BCUT2D eigenvalue weighted by atomic mass is 79.9. The summed E-state index contributed by atoms with van der Waals surface area (Å²) in [6.45, 7) is 4.68. The second kappa shape index (κ2) is 12.1. The van der Waals surface area contributed by atoms with Crippen molar-refractivity contribution in [3.63, 3.8) is 0 Å². The van der Waals surface area contributed by atoms with E-state index < -0.39 is 10.0 Å². The van der Waals surface area contributed by atoms with E-state index in [4.69, 9.17) is 17.0 Å². The minimum Gasteiger partial charge on any atom is -0.492 e. The standard InChI is InChI=1S/C25H26BrN3O4S2/c1-3-16-33-23-15-10-18(17-22(23)26)24(30)28-25(34)27-19-11-13-21(14-12-19)35(31,32)29(4-2)20-8-6-5-7-9-20/h5-15,17H,3-4,16H2,1-2H3,(H2,27,28,30,34). The molecule has 0 aliphatic rings. The van der Waals surface area contributed by atoms with Gasteiger partial charge in [0.15, 0.2) is 5.11 Å². The van der Waals surface area contributed by atoms with E-state index in [1.54, 1.807) is 61.5 Å². The lowest BCUT2D eigenvalue weighted by Crippen LogP contribution is -2.34. The van der Waals surface area contributed by atoms with Crippen LogP contribution in [0.2, 0.25) is 0 Å².